The predicted molar refractivity (Wildman–Crippen MR) is 70.8 cm³/mol. The van der Waals surface area contributed by atoms with Crippen LogP contribution in [-0.4, -0.2) is 41.3 Å². The van der Waals surface area contributed by atoms with Crippen LogP contribution >= 0.6 is 15.9 Å². The molecule has 19 heavy (non-hydrogen) atoms. The minimum atomic E-state index is -1.15. The normalized spacial score (nSPS) is 22.8. The Bertz CT molecular complexity index is 630. The van der Waals surface area contributed by atoms with E-state index in [-0.39, 0.29) is 19.1 Å². The van der Waals surface area contributed by atoms with Crippen molar-refractivity contribution in [2.24, 2.45) is 0 Å². The third-order valence-electron chi connectivity index (χ3n) is 3.05. The van der Waals surface area contributed by atoms with E-state index < -0.39 is 12.2 Å². The number of aromatic amines is 1. The van der Waals surface area contributed by atoms with Crippen molar-refractivity contribution in [3.8, 4) is 0 Å². The van der Waals surface area contributed by atoms with Crippen molar-refractivity contribution in [1.82, 2.24) is 15.3 Å². The molecule has 5 nitrogen and oxygen atoms in total. The summed E-state index contributed by atoms with van der Waals surface area (Å²) in [6.45, 7) is 0.236. The van der Waals surface area contributed by atoms with Crippen LogP contribution in [0.15, 0.2) is 22.8 Å². The highest BCUT2D eigenvalue weighted by Crippen LogP contribution is 2.22. The lowest BCUT2D eigenvalue weighted by molar-refractivity contribution is 0.0916. The summed E-state index contributed by atoms with van der Waals surface area (Å²) in [6.07, 6.45) is 0.477. The quantitative estimate of drug-likeness (QED) is 0.883. The molecule has 0 aromatic carbocycles. The van der Waals surface area contributed by atoms with Gasteiger partial charge >= 0.3 is 0 Å². The first-order valence-electron chi connectivity index (χ1n) is 5.81. The molecule has 2 aromatic rings. The molecule has 0 unspecified atom stereocenters. The fraction of sp³-hybridized carbons (Fsp3) is 0.333. The van der Waals surface area contributed by atoms with Crippen LogP contribution < -0.4 is 5.32 Å². The molecule has 3 rings (SSSR count). The molecular formula is C12H11BrFN3O2. The number of nitrogens with zero attached hydrogens (tertiary/aromatic N) is 1. The molecule has 0 saturated carbocycles. The topological polar surface area (TPSA) is 67.0 Å². The minimum absolute atomic E-state index is 0.0325. The van der Waals surface area contributed by atoms with Crippen LogP contribution in [0.1, 0.15) is 10.5 Å². The van der Waals surface area contributed by atoms with Gasteiger partial charge in [0.05, 0.1) is 19.3 Å². The van der Waals surface area contributed by atoms with Crippen LogP contribution in [0, 0.1) is 0 Å². The van der Waals surface area contributed by atoms with Gasteiger partial charge in [-0.05, 0) is 28.1 Å². The number of rotatable bonds is 2. The number of pyridine rings is 1. The molecule has 7 heteroatoms. The van der Waals surface area contributed by atoms with Gasteiger partial charge in [-0.1, -0.05) is 0 Å². The average Bonchev–Trinajstić information content (AvgIpc) is 2.97. The second-order valence-corrected chi connectivity index (χ2v) is 5.23. The van der Waals surface area contributed by atoms with Gasteiger partial charge in [-0.3, -0.25) is 4.79 Å². The van der Waals surface area contributed by atoms with Gasteiger partial charge in [0.25, 0.3) is 5.91 Å². The predicted octanol–water partition coefficient (Wildman–Crippen LogP) is 1.79. The van der Waals surface area contributed by atoms with Gasteiger partial charge in [-0.15, -0.1) is 0 Å². The average molecular weight is 328 g/mol. The molecule has 0 bridgehead atoms. The fourth-order valence-corrected chi connectivity index (χ4v) is 2.44. The van der Waals surface area contributed by atoms with Gasteiger partial charge in [0.2, 0.25) is 0 Å². The highest BCUT2D eigenvalue weighted by molar-refractivity contribution is 9.10. The molecule has 0 radical (unpaired) electrons. The standard InChI is InChI=1S/C12H11BrFN3O2/c13-7-1-2-15-11-6(7)3-9(16-11)12(18)17-10-5-19-4-8(10)14/h1-3,8,10H,4-5H2,(H,15,16)(H,17,18)/t8-,10+/m1/s1. The Hall–Kier alpha value is -1.47. The second kappa shape index (κ2) is 4.90. The third-order valence-corrected chi connectivity index (χ3v) is 3.74. The molecule has 3 heterocycles. The Morgan fingerprint density at radius 3 is 3.11 bits per heavy atom. The van der Waals surface area contributed by atoms with Gasteiger partial charge in [0.15, 0.2) is 0 Å². The number of hydrogen-bond acceptors (Lipinski definition) is 3. The summed E-state index contributed by atoms with van der Waals surface area (Å²) < 4.78 is 19.2. The summed E-state index contributed by atoms with van der Waals surface area (Å²) in [7, 11) is 0. The highest BCUT2D eigenvalue weighted by atomic mass is 79.9. The maximum Gasteiger partial charge on any atom is 0.268 e. The molecule has 2 aromatic heterocycles. The van der Waals surface area contributed by atoms with E-state index in [1.807, 2.05) is 0 Å². The number of hydrogen-bond donors (Lipinski definition) is 2. The van der Waals surface area contributed by atoms with Crippen LogP contribution in [0.4, 0.5) is 4.39 Å². The van der Waals surface area contributed by atoms with Gasteiger partial charge < -0.3 is 15.0 Å². The summed E-state index contributed by atoms with van der Waals surface area (Å²) in [5.41, 5.74) is 0.965. The molecule has 1 amide bonds. The fourth-order valence-electron chi connectivity index (χ4n) is 2.02. The SMILES string of the molecule is O=C(N[C@H]1COC[C@H]1F)c1cc2c(Br)ccnc2[nH]1. The highest BCUT2D eigenvalue weighted by Gasteiger charge is 2.29. The van der Waals surface area contributed by atoms with Crippen molar-refractivity contribution in [1.29, 1.82) is 0 Å². The number of carbonyl (C=O) groups excluding carboxylic acids is 1. The lowest BCUT2D eigenvalue weighted by Gasteiger charge is -2.11. The van der Waals surface area contributed by atoms with Gasteiger partial charge in [-0.25, -0.2) is 9.37 Å². The molecule has 1 aliphatic rings. The summed E-state index contributed by atoms with van der Waals surface area (Å²) >= 11 is 3.39. The van der Waals surface area contributed by atoms with Gasteiger partial charge in [0.1, 0.15) is 17.5 Å². The van der Waals surface area contributed by atoms with Crippen LogP contribution in [0.25, 0.3) is 11.0 Å². The second-order valence-electron chi connectivity index (χ2n) is 4.37. The van der Waals surface area contributed by atoms with E-state index in [4.69, 9.17) is 4.74 Å². The number of H-pyrrole nitrogens is 1. The van der Waals surface area contributed by atoms with Gasteiger partial charge in [-0.2, -0.15) is 0 Å². The Balaban J connectivity index is 1.83. The minimum Gasteiger partial charge on any atom is -0.376 e. The maximum atomic E-state index is 13.4. The number of nitrogens with one attached hydrogen (secondary N) is 2. The zero-order chi connectivity index (χ0) is 13.4. The molecular weight excluding hydrogens is 317 g/mol. The number of ether oxygens (including phenoxy) is 1. The Labute approximate surface area is 116 Å². The summed E-state index contributed by atoms with van der Waals surface area (Å²) in [4.78, 5) is 19.1. The monoisotopic (exact) mass is 327 g/mol. The lowest BCUT2D eigenvalue weighted by Crippen LogP contribution is -2.40. The van der Waals surface area contributed by atoms with E-state index in [1.54, 1.807) is 18.3 Å². The van der Waals surface area contributed by atoms with Crippen molar-refractivity contribution in [2.75, 3.05) is 13.2 Å². The van der Waals surface area contributed by atoms with Crippen molar-refractivity contribution >= 4 is 32.9 Å². The molecule has 0 spiro atoms. The molecule has 0 aliphatic carbocycles. The van der Waals surface area contributed by atoms with Crippen LogP contribution in [0.5, 0.6) is 0 Å². The van der Waals surface area contributed by atoms with Crippen molar-refractivity contribution in [3.63, 3.8) is 0 Å². The van der Waals surface area contributed by atoms with Gasteiger partial charge in [0, 0.05) is 16.1 Å². The first kappa shape index (κ1) is 12.6. The molecule has 2 atom stereocenters. The third kappa shape index (κ3) is 2.35. The lowest BCUT2D eigenvalue weighted by atomic mass is 10.2. The van der Waals surface area contributed by atoms with Crippen molar-refractivity contribution in [3.05, 3.63) is 28.5 Å². The first-order valence-corrected chi connectivity index (χ1v) is 6.60. The first-order chi connectivity index (χ1) is 9.15. The van der Waals surface area contributed by atoms with E-state index in [0.29, 0.717) is 11.3 Å². The number of fused-ring (bicyclic) bond motifs is 1. The van der Waals surface area contributed by atoms with Crippen LogP contribution in [0.2, 0.25) is 0 Å². The smallest absolute Gasteiger partial charge is 0.268 e. The number of alkyl halides is 1. The van der Waals surface area contributed by atoms with Crippen LogP contribution in [0.3, 0.4) is 0 Å². The van der Waals surface area contributed by atoms with Crippen LogP contribution in [-0.2, 0) is 4.74 Å². The molecule has 1 aliphatic heterocycles. The van der Waals surface area contributed by atoms with E-state index in [0.717, 1.165) is 9.86 Å². The summed E-state index contributed by atoms with van der Waals surface area (Å²) in [5.74, 6) is -0.358. The Morgan fingerprint density at radius 1 is 1.58 bits per heavy atom. The maximum absolute atomic E-state index is 13.4. The number of aromatic nitrogens is 2. The molecule has 100 valence electrons. The molecule has 1 saturated heterocycles. The van der Waals surface area contributed by atoms with E-state index in [9.17, 15) is 9.18 Å². The number of carbonyl (C=O) groups is 1. The largest absolute Gasteiger partial charge is 0.376 e. The Kier molecular flexibility index (Phi) is 3.24. The van der Waals surface area contributed by atoms with Crippen molar-refractivity contribution < 1.29 is 13.9 Å². The Morgan fingerprint density at radius 2 is 2.42 bits per heavy atom. The van der Waals surface area contributed by atoms with Crippen molar-refractivity contribution in [2.45, 2.75) is 12.2 Å². The van der Waals surface area contributed by atoms with E-state index in [1.165, 1.54) is 0 Å². The zero-order valence-electron chi connectivity index (χ0n) is 9.82. The zero-order valence-corrected chi connectivity index (χ0v) is 11.4. The van der Waals surface area contributed by atoms with E-state index >= 15 is 0 Å². The number of amides is 1. The number of halogens is 2. The summed E-state index contributed by atoms with van der Waals surface area (Å²) in [5, 5.41) is 3.42. The van der Waals surface area contributed by atoms with E-state index in [2.05, 4.69) is 31.2 Å². The molecule has 1 fully saturated rings. The molecule has 2 N–H and O–H groups in total. The summed E-state index contributed by atoms with van der Waals surface area (Å²) in [6, 6.07) is 2.89.